The van der Waals surface area contributed by atoms with Crippen LogP contribution < -0.4 is 0 Å². The molecule has 0 aliphatic rings. The van der Waals surface area contributed by atoms with Crippen LogP contribution in [0.25, 0.3) is 126 Å². The number of benzene rings is 10. The van der Waals surface area contributed by atoms with E-state index in [2.05, 4.69) is 229 Å². The lowest BCUT2D eigenvalue weighted by Gasteiger charge is -2.16. The van der Waals surface area contributed by atoms with Gasteiger partial charge in [0.05, 0.1) is 16.7 Å². The Morgan fingerprint density at radius 1 is 0.279 bits per heavy atom. The molecule has 13 aromatic rings. The minimum atomic E-state index is 0.604. The van der Waals surface area contributed by atoms with Crippen LogP contribution in [0.15, 0.2) is 243 Å². The second-order valence-electron chi connectivity index (χ2n) is 17.2. The number of hydrogen-bond acceptors (Lipinski definition) is 4. The molecule has 3 aromatic heterocycles. The van der Waals surface area contributed by atoms with E-state index < -0.39 is 0 Å². The zero-order valence-electron chi connectivity index (χ0n) is 36.8. The first-order valence-electron chi connectivity index (χ1n) is 22.9. The van der Waals surface area contributed by atoms with E-state index in [0.29, 0.717) is 17.5 Å². The summed E-state index contributed by atoms with van der Waals surface area (Å²) in [6.45, 7) is 0. The van der Waals surface area contributed by atoms with E-state index in [9.17, 15) is 0 Å². The highest BCUT2D eigenvalue weighted by atomic mass is 32.1. The maximum atomic E-state index is 5.29. The van der Waals surface area contributed by atoms with Crippen molar-refractivity contribution < 1.29 is 0 Å². The van der Waals surface area contributed by atoms with Gasteiger partial charge in [0.2, 0.25) is 0 Å². The Morgan fingerprint density at radius 3 is 1.32 bits per heavy atom. The molecule has 10 aromatic carbocycles. The van der Waals surface area contributed by atoms with Crippen molar-refractivity contribution in [2.45, 2.75) is 0 Å². The first kappa shape index (κ1) is 39.6. The predicted molar refractivity (Wildman–Crippen MR) is 285 cm³/mol. The molecule has 0 unspecified atom stereocenters. The van der Waals surface area contributed by atoms with Gasteiger partial charge in [-0.1, -0.05) is 206 Å². The third-order valence-electron chi connectivity index (χ3n) is 13.1. The SMILES string of the molecule is c1ccc(-c2ccc3c(c2)c2cc(-c4ccccc4)ccc2n3-c2cc(-c3nc(-c4ccccc4)nc(-c4ccc(-c5cccc6c5sc5ccccc56)cc4)n3)ccc2-c2ccccc2)cc1. The molecule has 0 N–H and O–H groups in total. The van der Waals surface area contributed by atoms with Crippen LogP contribution in [0.1, 0.15) is 0 Å². The third-order valence-corrected chi connectivity index (χ3v) is 14.3. The number of nitrogens with zero attached hydrogens (tertiary/aromatic N) is 4. The monoisotopic (exact) mass is 884 g/mol. The fourth-order valence-electron chi connectivity index (χ4n) is 9.74. The van der Waals surface area contributed by atoms with Crippen molar-refractivity contribution in [3.05, 3.63) is 243 Å². The molecule has 0 atom stereocenters. The van der Waals surface area contributed by atoms with Gasteiger partial charge in [-0.2, -0.15) is 0 Å². The molecule has 0 bridgehead atoms. The maximum Gasteiger partial charge on any atom is 0.164 e. The highest BCUT2D eigenvalue weighted by Crippen LogP contribution is 2.43. The predicted octanol–water partition coefficient (Wildman–Crippen LogP) is 17.0. The summed E-state index contributed by atoms with van der Waals surface area (Å²) in [5.74, 6) is 1.84. The van der Waals surface area contributed by atoms with Gasteiger partial charge in [0.15, 0.2) is 17.5 Å². The Hall–Kier alpha value is -8.77. The average Bonchev–Trinajstić information content (AvgIpc) is 3.97. The van der Waals surface area contributed by atoms with Crippen LogP contribution in [-0.2, 0) is 0 Å². The van der Waals surface area contributed by atoms with E-state index >= 15 is 0 Å². The Labute approximate surface area is 397 Å². The van der Waals surface area contributed by atoms with Crippen LogP contribution in [-0.4, -0.2) is 19.5 Å². The highest BCUT2D eigenvalue weighted by molar-refractivity contribution is 7.26. The molecule has 68 heavy (non-hydrogen) atoms. The van der Waals surface area contributed by atoms with Gasteiger partial charge in [-0.25, -0.2) is 15.0 Å². The van der Waals surface area contributed by atoms with Gasteiger partial charge in [-0.15, -0.1) is 11.3 Å². The number of aromatic nitrogens is 4. The molecular weight excluding hydrogens is 845 g/mol. The summed E-state index contributed by atoms with van der Waals surface area (Å²) >= 11 is 1.85. The molecule has 13 rings (SSSR count). The topological polar surface area (TPSA) is 43.6 Å². The molecule has 318 valence electrons. The second-order valence-corrected chi connectivity index (χ2v) is 18.2. The quantitative estimate of drug-likeness (QED) is 0.153. The number of thiophene rings is 1. The average molecular weight is 885 g/mol. The summed E-state index contributed by atoms with van der Waals surface area (Å²) in [6.07, 6.45) is 0. The summed E-state index contributed by atoms with van der Waals surface area (Å²) in [6, 6.07) is 86.5. The zero-order chi connectivity index (χ0) is 45.0. The normalized spacial score (nSPS) is 11.5. The Morgan fingerprint density at radius 2 is 0.721 bits per heavy atom. The largest absolute Gasteiger partial charge is 0.309 e. The second kappa shape index (κ2) is 16.6. The Kier molecular flexibility index (Phi) is 9.66. The molecule has 3 heterocycles. The van der Waals surface area contributed by atoms with Crippen molar-refractivity contribution in [3.8, 4) is 84.4 Å². The summed E-state index contributed by atoms with van der Waals surface area (Å²) in [5, 5.41) is 4.95. The number of hydrogen-bond donors (Lipinski definition) is 0. The summed E-state index contributed by atoms with van der Waals surface area (Å²) in [5.41, 5.74) is 15.3. The molecule has 0 aliphatic heterocycles. The minimum absolute atomic E-state index is 0.604. The van der Waals surface area contributed by atoms with Gasteiger partial charge in [0.1, 0.15) is 0 Å². The molecule has 4 nitrogen and oxygen atoms in total. The lowest BCUT2D eigenvalue weighted by atomic mass is 10.00. The van der Waals surface area contributed by atoms with Crippen LogP contribution in [0.4, 0.5) is 0 Å². The lowest BCUT2D eigenvalue weighted by molar-refractivity contribution is 1.07. The van der Waals surface area contributed by atoms with Crippen molar-refractivity contribution in [3.63, 3.8) is 0 Å². The minimum Gasteiger partial charge on any atom is -0.309 e. The molecule has 0 saturated carbocycles. The van der Waals surface area contributed by atoms with Crippen molar-refractivity contribution in [1.82, 2.24) is 19.5 Å². The molecular formula is C63H40N4S. The van der Waals surface area contributed by atoms with Crippen LogP contribution in [0.3, 0.4) is 0 Å². The molecule has 5 heteroatoms. The van der Waals surface area contributed by atoms with E-state index in [1.807, 2.05) is 29.5 Å². The van der Waals surface area contributed by atoms with Gasteiger partial charge in [0, 0.05) is 53.2 Å². The van der Waals surface area contributed by atoms with Gasteiger partial charge in [-0.05, 0) is 75.3 Å². The summed E-state index contributed by atoms with van der Waals surface area (Å²) in [7, 11) is 0. The number of fused-ring (bicyclic) bond motifs is 6. The lowest BCUT2D eigenvalue weighted by Crippen LogP contribution is -2.02. The summed E-state index contributed by atoms with van der Waals surface area (Å²) in [4.78, 5) is 15.7. The standard InChI is InChI=1S/C63H40N4S/c1-5-16-41(17-6-1)47-33-36-56-54(38-47)55-39-48(42-18-7-2-8-19-42)34-37-57(55)67(56)58-40-49(32-35-50(58)43-20-9-3-10-21-43)63-65-61(45-22-11-4-12-23-45)64-62(66-63)46-30-28-44(29-31-46)51-25-15-26-53-52-24-13-14-27-59(52)68-60(51)53/h1-40H. The molecule has 0 saturated heterocycles. The van der Waals surface area contributed by atoms with E-state index in [-0.39, 0.29) is 0 Å². The van der Waals surface area contributed by atoms with Gasteiger partial charge in [-0.3, -0.25) is 0 Å². The zero-order valence-corrected chi connectivity index (χ0v) is 37.6. The summed E-state index contributed by atoms with van der Waals surface area (Å²) < 4.78 is 5.02. The Bertz CT molecular complexity index is 3890. The highest BCUT2D eigenvalue weighted by Gasteiger charge is 2.21. The first-order chi connectivity index (χ1) is 33.7. The third kappa shape index (κ3) is 6.96. The van der Waals surface area contributed by atoms with Crippen molar-refractivity contribution >= 4 is 53.3 Å². The molecule has 0 radical (unpaired) electrons. The van der Waals surface area contributed by atoms with E-state index in [0.717, 1.165) is 50.1 Å². The van der Waals surface area contributed by atoms with Crippen LogP contribution >= 0.6 is 11.3 Å². The van der Waals surface area contributed by atoms with Gasteiger partial charge >= 0.3 is 0 Å². The van der Waals surface area contributed by atoms with Crippen molar-refractivity contribution in [2.75, 3.05) is 0 Å². The van der Waals surface area contributed by atoms with Gasteiger partial charge in [0.25, 0.3) is 0 Å². The fourth-order valence-corrected chi connectivity index (χ4v) is 11.0. The first-order valence-corrected chi connectivity index (χ1v) is 23.7. The molecule has 0 spiro atoms. The van der Waals surface area contributed by atoms with E-state index in [1.54, 1.807) is 0 Å². The molecule has 0 fully saturated rings. The smallest absolute Gasteiger partial charge is 0.164 e. The van der Waals surface area contributed by atoms with Gasteiger partial charge < -0.3 is 4.57 Å². The fraction of sp³-hybridized carbons (Fsp3) is 0. The number of rotatable bonds is 8. The van der Waals surface area contributed by atoms with Crippen molar-refractivity contribution in [1.29, 1.82) is 0 Å². The maximum absolute atomic E-state index is 5.29. The van der Waals surface area contributed by atoms with E-state index in [4.69, 9.17) is 15.0 Å². The van der Waals surface area contributed by atoms with Crippen LogP contribution in [0.2, 0.25) is 0 Å². The Balaban J connectivity index is 0.996. The molecule has 0 amide bonds. The van der Waals surface area contributed by atoms with Crippen LogP contribution in [0.5, 0.6) is 0 Å². The van der Waals surface area contributed by atoms with E-state index in [1.165, 1.54) is 58.8 Å². The van der Waals surface area contributed by atoms with Crippen LogP contribution in [0, 0.1) is 0 Å². The molecule has 0 aliphatic carbocycles. The van der Waals surface area contributed by atoms with Crippen molar-refractivity contribution in [2.24, 2.45) is 0 Å².